The molecule has 1 aromatic heterocycles. The van der Waals surface area contributed by atoms with Crippen LogP contribution in [0.2, 0.25) is 0 Å². The highest BCUT2D eigenvalue weighted by molar-refractivity contribution is 9.10. The number of nitrogens with two attached hydrogens (primary N) is 1. The van der Waals surface area contributed by atoms with Crippen molar-refractivity contribution < 1.29 is 18.7 Å². The molecule has 1 heterocycles. The average molecular weight is 415 g/mol. The van der Waals surface area contributed by atoms with E-state index in [-0.39, 0.29) is 12.4 Å². The lowest BCUT2D eigenvalue weighted by molar-refractivity contribution is 0.0491. The summed E-state index contributed by atoms with van der Waals surface area (Å²) in [5, 5.41) is 1.29. The summed E-state index contributed by atoms with van der Waals surface area (Å²) in [4.78, 5) is 16.4. The first kappa shape index (κ1) is 18.8. The topological polar surface area (TPSA) is 87.0 Å². The summed E-state index contributed by atoms with van der Waals surface area (Å²) in [6, 6.07) is 5.58. The van der Waals surface area contributed by atoms with E-state index >= 15 is 0 Å². The van der Waals surface area contributed by atoms with Gasteiger partial charge in [-0.1, -0.05) is 27.7 Å². The van der Waals surface area contributed by atoms with Crippen LogP contribution in [0.4, 0.5) is 0 Å². The molecule has 0 aliphatic carbocycles. The van der Waals surface area contributed by atoms with Crippen molar-refractivity contribution in [3.05, 3.63) is 34.0 Å². The number of furan rings is 1. The summed E-state index contributed by atoms with van der Waals surface area (Å²) >= 11 is 4.78. The van der Waals surface area contributed by atoms with E-state index in [0.29, 0.717) is 29.7 Å². The molecular weight excluding hydrogens is 396 g/mol. The normalized spacial score (nSPS) is 11.9. The first-order chi connectivity index (χ1) is 11.6. The second-order valence-electron chi connectivity index (χ2n) is 4.77. The summed E-state index contributed by atoms with van der Waals surface area (Å²) in [7, 11) is 1.61. The van der Waals surface area contributed by atoms with Crippen molar-refractivity contribution in [3.63, 3.8) is 0 Å². The van der Waals surface area contributed by atoms with Crippen molar-refractivity contribution in [2.45, 2.75) is 12.7 Å². The first-order valence-corrected chi connectivity index (χ1v) is 9.14. The number of nitrogens with zero attached hydrogens (tertiary/aromatic N) is 1. The molecule has 2 N–H and O–H groups in total. The molecule has 8 heteroatoms. The number of halogens is 1. The molecule has 0 bridgehead atoms. The molecule has 0 saturated heterocycles. The van der Waals surface area contributed by atoms with Gasteiger partial charge >= 0.3 is 5.97 Å². The van der Waals surface area contributed by atoms with Gasteiger partial charge in [-0.15, -0.1) is 0 Å². The van der Waals surface area contributed by atoms with Gasteiger partial charge in [0, 0.05) is 28.3 Å². The Bertz CT molecular complexity index is 745. The van der Waals surface area contributed by atoms with Crippen molar-refractivity contribution >= 4 is 49.8 Å². The maximum atomic E-state index is 12.2. The molecule has 0 spiro atoms. The van der Waals surface area contributed by atoms with Gasteiger partial charge in [0.2, 0.25) is 5.76 Å². The van der Waals surface area contributed by atoms with Crippen molar-refractivity contribution in [2.24, 2.45) is 10.7 Å². The Morgan fingerprint density at radius 1 is 1.46 bits per heavy atom. The predicted molar refractivity (Wildman–Crippen MR) is 99.5 cm³/mol. The summed E-state index contributed by atoms with van der Waals surface area (Å²) in [5.74, 6) is 0.192. The van der Waals surface area contributed by atoms with Crippen LogP contribution >= 0.6 is 27.7 Å². The van der Waals surface area contributed by atoms with Gasteiger partial charge in [0.1, 0.15) is 5.58 Å². The highest BCUT2D eigenvalue weighted by Crippen LogP contribution is 2.32. The lowest BCUT2D eigenvalue weighted by Crippen LogP contribution is -2.10. The summed E-state index contributed by atoms with van der Waals surface area (Å²) in [5.41, 5.74) is 7.27. The number of hydrogen-bond donors (Lipinski definition) is 1. The molecule has 0 radical (unpaired) electrons. The summed E-state index contributed by atoms with van der Waals surface area (Å²) in [6.07, 6.45) is 0. The zero-order valence-corrected chi connectivity index (χ0v) is 15.9. The molecule has 0 fully saturated rings. The number of aliphatic imine (C=N–C) groups is 1. The predicted octanol–water partition coefficient (Wildman–Crippen LogP) is 3.57. The lowest BCUT2D eigenvalue weighted by Gasteiger charge is -2.04. The number of amidine groups is 1. The molecular formula is C16H19BrN2O4S. The van der Waals surface area contributed by atoms with Crippen molar-refractivity contribution in [3.8, 4) is 0 Å². The second kappa shape index (κ2) is 9.10. The highest BCUT2D eigenvalue weighted by Gasteiger charge is 2.22. The molecule has 0 atom stereocenters. The van der Waals surface area contributed by atoms with Crippen LogP contribution in [-0.4, -0.2) is 38.0 Å². The van der Waals surface area contributed by atoms with Gasteiger partial charge in [0.25, 0.3) is 0 Å². The average Bonchev–Trinajstić information content (AvgIpc) is 2.91. The fourth-order valence-electron chi connectivity index (χ4n) is 2.06. The van der Waals surface area contributed by atoms with Gasteiger partial charge in [-0.05, 0) is 25.1 Å². The van der Waals surface area contributed by atoms with Crippen LogP contribution in [-0.2, 0) is 15.2 Å². The second-order valence-corrected chi connectivity index (χ2v) is 6.68. The van der Waals surface area contributed by atoms with E-state index in [9.17, 15) is 4.79 Å². The van der Waals surface area contributed by atoms with E-state index < -0.39 is 5.97 Å². The number of esters is 1. The minimum absolute atomic E-state index is 0.210. The zero-order valence-electron chi connectivity index (χ0n) is 13.5. The fourth-order valence-corrected chi connectivity index (χ4v) is 3.19. The molecule has 2 rings (SSSR count). The highest BCUT2D eigenvalue weighted by atomic mass is 79.9. The molecule has 1 aromatic carbocycles. The molecule has 0 unspecified atom stereocenters. The third-order valence-corrected chi connectivity index (χ3v) is 4.49. The molecule has 0 amide bonds. The van der Waals surface area contributed by atoms with Crippen LogP contribution in [0.5, 0.6) is 0 Å². The molecule has 0 aliphatic rings. The van der Waals surface area contributed by atoms with Gasteiger partial charge in [-0.3, -0.25) is 4.99 Å². The van der Waals surface area contributed by atoms with E-state index in [1.165, 1.54) is 11.8 Å². The minimum Gasteiger partial charge on any atom is -0.460 e. The number of thioether (sulfide) groups is 1. The largest absolute Gasteiger partial charge is 0.460 e. The van der Waals surface area contributed by atoms with Crippen LogP contribution in [0.15, 0.2) is 32.1 Å². The molecule has 130 valence electrons. The maximum Gasteiger partial charge on any atom is 0.374 e. The van der Waals surface area contributed by atoms with Gasteiger partial charge in [0.15, 0.2) is 5.17 Å². The fraction of sp³-hybridized carbons (Fsp3) is 0.375. The van der Waals surface area contributed by atoms with Crippen molar-refractivity contribution in [1.82, 2.24) is 0 Å². The lowest BCUT2D eigenvalue weighted by atomic mass is 10.1. The maximum absolute atomic E-state index is 12.2. The third-order valence-electron chi connectivity index (χ3n) is 3.14. The number of methoxy groups -OCH3 is 1. The molecule has 6 nitrogen and oxygen atoms in total. The van der Waals surface area contributed by atoms with Crippen LogP contribution in [0.1, 0.15) is 23.0 Å². The minimum atomic E-state index is -0.477. The van der Waals surface area contributed by atoms with E-state index in [4.69, 9.17) is 19.6 Å². The van der Waals surface area contributed by atoms with E-state index in [1.807, 2.05) is 18.2 Å². The zero-order chi connectivity index (χ0) is 17.5. The number of fused-ring (bicyclic) bond motifs is 1. The Balaban J connectivity index is 2.28. The molecule has 0 aliphatic heterocycles. The van der Waals surface area contributed by atoms with E-state index in [0.717, 1.165) is 15.4 Å². The van der Waals surface area contributed by atoms with E-state index in [2.05, 4.69) is 20.9 Å². The Kier molecular flexibility index (Phi) is 7.14. The van der Waals surface area contributed by atoms with Gasteiger partial charge < -0.3 is 19.6 Å². The number of benzene rings is 1. The van der Waals surface area contributed by atoms with Crippen LogP contribution in [0.25, 0.3) is 11.0 Å². The van der Waals surface area contributed by atoms with Gasteiger partial charge in [-0.25, -0.2) is 4.79 Å². The van der Waals surface area contributed by atoms with Crippen molar-refractivity contribution in [1.29, 1.82) is 0 Å². The number of carbonyl (C=O) groups is 1. The van der Waals surface area contributed by atoms with Crippen LogP contribution < -0.4 is 5.73 Å². The van der Waals surface area contributed by atoms with Crippen molar-refractivity contribution in [2.75, 3.05) is 26.9 Å². The third kappa shape index (κ3) is 4.75. The smallest absolute Gasteiger partial charge is 0.374 e. The molecule has 24 heavy (non-hydrogen) atoms. The standard InChI is InChI=1S/C16H19BrN2O4S/c1-3-22-15(20)14-12(9-24-16(18)19-6-7-21-2)11-8-10(17)4-5-13(11)23-14/h4-5,8H,3,6-7,9H2,1-2H3,(H2,18,19). The number of rotatable bonds is 7. The summed E-state index contributed by atoms with van der Waals surface area (Å²) in [6.45, 7) is 3.05. The van der Waals surface area contributed by atoms with Gasteiger partial charge in [0.05, 0.1) is 19.8 Å². The number of hydrogen-bond acceptors (Lipinski definition) is 6. The summed E-state index contributed by atoms with van der Waals surface area (Å²) < 4.78 is 16.6. The first-order valence-electron chi connectivity index (χ1n) is 7.36. The van der Waals surface area contributed by atoms with Crippen LogP contribution in [0, 0.1) is 0 Å². The quantitative estimate of drug-likeness (QED) is 0.322. The van der Waals surface area contributed by atoms with Gasteiger partial charge in [-0.2, -0.15) is 0 Å². The Hall–Kier alpha value is -1.51. The Labute approximate surface area is 152 Å². The van der Waals surface area contributed by atoms with Crippen LogP contribution in [0.3, 0.4) is 0 Å². The monoisotopic (exact) mass is 414 g/mol. The molecule has 2 aromatic rings. The Morgan fingerprint density at radius 2 is 2.25 bits per heavy atom. The number of carbonyl (C=O) groups excluding carboxylic acids is 1. The number of ether oxygens (including phenoxy) is 2. The SMILES string of the molecule is CCOC(=O)c1oc2ccc(Br)cc2c1CSC(N)=NCCOC. The molecule has 0 saturated carbocycles. The van der Waals surface area contributed by atoms with E-state index in [1.54, 1.807) is 14.0 Å². The Morgan fingerprint density at radius 3 is 2.96 bits per heavy atom.